The molecule has 0 aliphatic heterocycles. The monoisotopic (exact) mass is 238 g/mol. The Morgan fingerprint density at radius 3 is 2.56 bits per heavy atom. The molecule has 0 N–H and O–H groups in total. The summed E-state index contributed by atoms with van der Waals surface area (Å²) >= 11 is 0. The van der Waals surface area contributed by atoms with Crippen LogP contribution in [0.4, 0.5) is 0 Å². The highest BCUT2D eigenvalue weighted by Crippen LogP contribution is 2.43. The normalized spacial score (nSPS) is 24.1. The Kier molecular flexibility index (Phi) is 3.86. The van der Waals surface area contributed by atoms with Crippen LogP contribution >= 0.6 is 0 Å². The largest absolute Gasteiger partial charge is 0.0991 e. The molecule has 0 aromatic carbocycles. The Hall–Kier alpha value is -1.56. The first kappa shape index (κ1) is 12.9. The van der Waals surface area contributed by atoms with Crippen molar-refractivity contribution in [1.29, 1.82) is 0 Å². The van der Waals surface area contributed by atoms with Crippen molar-refractivity contribution in [2.24, 2.45) is 5.92 Å². The molecule has 2 aliphatic carbocycles. The summed E-state index contributed by atoms with van der Waals surface area (Å²) in [5.41, 5.74) is 7.38. The maximum atomic E-state index is 3.93. The summed E-state index contributed by atoms with van der Waals surface area (Å²) in [6.45, 7) is 12.2. The van der Waals surface area contributed by atoms with E-state index in [0.717, 1.165) is 6.42 Å². The fourth-order valence-electron chi connectivity index (χ4n) is 3.07. The Bertz CT molecular complexity index is 492. The lowest BCUT2D eigenvalue weighted by Gasteiger charge is -2.12. The van der Waals surface area contributed by atoms with Crippen LogP contribution in [0.5, 0.6) is 0 Å². The summed E-state index contributed by atoms with van der Waals surface area (Å²) in [5, 5.41) is 0. The lowest BCUT2D eigenvalue weighted by Crippen LogP contribution is -1.99. The molecule has 0 heterocycles. The van der Waals surface area contributed by atoms with E-state index in [1.165, 1.54) is 40.7 Å². The summed E-state index contributed by atoms with van der Waals surface area (Å²) < 4.78 is 0. The second kappa shape index (κ2) is 5.39. The van der Waals surface area contributed by atoms with Crippen molar-refractivity contribution in [3.05, 3.63) is 71.4 Å². The van der Waals surface area contributed by atoms with Crippen LogP contribution in [0.1, 0.15) is 33.1 Å². The average Bonchev–Trinajstić information content (AvgIpc) is 2.53. The van der Waals surface area contributed by atoms with Crippen molar-refractivity contribution in [3.8, 4) is 0 Å². The molecular weight excluding hydrogens is 216 g/mol. The molecule has 0 aromatic heterocycles. The van der Waals surface area contributed by atoms with Gasteiger partial charge in [0, 0.05) is 0 Å². The van der Waals surface area contributed by atoms with E-state index in [1.54, 1.807) is 0 Å². The van der Waals surface area contributed by atoms with Gasteiger partial charge in [-0.15, -0.1) is 0 Å². The van der Waals surface area contributed by atoms with Crippen LogP contribution < -0.4 is 0 Å². The van der Waals surface area contributed by atoms with Crippen molar-refractivity contribution in [2.45, 2.75) is 33.1 Å². The number of hydrogen-bond acceptors (Lipinski definition) is 0. The highest BCUT2D eigenvalue weighted by Gasteiger charge is 2.27. The highest BCUT2D eigenvalue weighted by atomic mass is 14.3. The van der Waals surface area contributed by atoms with Crippen molar-refractivity contribution < 1.29 is 0 Å². The molecule has 2 aliphatic rings. The van der Waals surface area contributed by atoms with Crippen LogP contribution in [0.15, 0.2) is 71.4 Å². The SMILES string of the molecule is C=C/C=C\C1=C(C)CC2CC(C)=C(C=C)CC=C12. The maximum absolute atomic E-state index is 3.93. The second-order valence-corrected chi connectivity index (χ2v) is 5.27. The number of hydrogen-bond donors (Lipinski definition) is 0. The van der Waals surface area contributed by atoms with E-state index < -0.39 is 0 Å². The van der Waals surface area contributed by atoms with Crippen LogP contribution in [0.2, 0.25) is 0 Å². The zero-order valence-electron chi connectivity index (χ0n) is 11.5. The Morgan fingerprint density at radius 2 is 1.89 bits per heavy atom. The van der Waals surface area contributed by atoms with E-state index in [1.807, 2.05) is 18.2 Å². The average molecular weight is 238 g/mol. The third-order valence-corrected chi connectivity index (χ3v) is 4.05. The van der Waals surface area contributed by atoms with Gasteiger partial charge in [-0.3, -0.25) is 0 Å². The molecule has 0 radical (unpaired) electrons. The van der Waals surface area contributed by atoms with Crippen molar-refractivity contribution >= 4 is 0 Å². The topological polar surface area (TPSA) is 0 Å². The van der Waals surface area contributed by atoms with Gasteiger partial charge in [-0.2, -0.15) is 0 Å². The summed E-state index contributed by atoms with van der Waals surface area (Å²) in [5.74, 6) is 0.673. The van der Waals surface area contributed by atoms with Gasteiger partial charge in [-0.25, -0.2) is 0 Å². The van der Waals surface area contributed by atoms with E-state index in [9.17, 15) is 0 Å². The van der Waals surface area contributed by atoms with Gasteiger partial charge in [0.05, 0.1) is 0 Å². The summed E-state index contributed by atoms with van der Waals surface area (Å²) in [4.78, 5) is 0. The lowest BCUT2D eigenvalue weighted by atomic mass is 9.92. The molecule has 1 atom stereocenters. The molecule has 18 heavy (non-hydrogen) atoms. The van der Waals surface area contributed by atoms with E-state index in [-0.39, 0.29) is 0 Å². The van der Waals surface area contributed by atoms with Gasteiger partial charge in [0.15, 0.2) is 0 Å². The van der Waals surface area contributed by atoms with Gasteiger partial charge in [-0.05, 0) is 55.7 Å². The molecule has 2 rings (SSSR count). The fraction of sp³-hybridized carbons (Fsp3) is 0.333. The standard InChI is InChI=1S/C18H22/c1-5-7-8-17-14(4)12-16-11-13(3)15(6-2)9-10-18(16)17/h5-8,10,16H,1-2,9,11-12H2,3-4H3/b8-7-. The smallest absolute Gasteiger partial charge is 0.00843 e. The second-order valence-electron chi connectivity index (χ2n) is 5.27. The van der Waals surface area contributed by atoms with E-state index >= 15 is 0 Å². The van der Waals surface area contributed by atoms with Crippen LogP contribution in [-0.2, 0) is 0 Å². The highest BCUT2D eigenvalue weighted by molar-refractivity contribution is 5.52. The van der Waals surface area contributed by atoms with Crippen LogP contribution in [0.25, 0.3) is 0 Å². The molecule has 0 nitrogen and oxygen atoms in total. The number of allylic oxidation sites excluding steroid dienone is 10. The number of rotatable bonds is 3. The summed E-state index contributed by atoms with van der Waals surface area (Å²) in [6.07, 6.45) is 13.9. The van der Waals surface area contributed by atoms with Gasteiger partial charge >= 0.3 is 0 Å². The first-order valence-corrected chi connectivity index (χ1v) is 6.67. The van der Waals surface area contributed by atoms with Gasteiger partial charge in [-0.1, -0.05) is 54.7 Å². The summed E-state index contributed by atoms with van der Waals surface area (Å²) in [6, 6.07) is 0. The van der Waals surface area contributed by atoms with Crippen molar-refractivity contribution in [1.82, 2.24) is 0 Å². The van der Waals surface area contributed by atoms with E-state index in [2.05, 4.69) is 39.2 Å². The minimum absolute atomic E-state index is 0.673. The van der Waals surface area contributed by atoms with Gasteiger partial charge < -0.3 is 0 Å². The molecule has 0 heteroatoms. The molecule has 0 amide bonds. The Morgan fingerprint density at radius 1 is 1.17 bits per heavy atom. The molecular formula is C18H22. The van der Waals surface area contributed by atoms with E-state index in [0.29, 0.717) is 5.92 Å². The first-order chi connectivity index (χ1) is 8.67. The van der Waals surface area contributed by atoms with Crippen LogP contribution in [0, 0.1) is 5.92 Å². The fourth-order valence-corrected chi connectivity index (χ4v) is 3.07. The Balaban J connectivity index is 2.33. The van der Waals surface area contributed by atoms with Crippen molar-refractivity contribution in [2.75, 3.05) is 0 Å². The predicted octanol–water partition coefficient (Wildman–Crippen LogP) is 5.29. The molecule has 0 saturated carbocycles. The van der Waals surface area contributed by atoms with Gasteiger partial charge in [0.2, 0.25) is 0 Å². The maximum Gasteiger partial charge on any atom is -0.00843 e. The van der Waals surface area contributed by atoms with Gasteiger partial charge in [0.1, 0.15) is 0 Å². The zero-order chi connectivity index (χ0) is 13.1. The van der Waals surface area contributed by atoms with Crippen molar-refractivity contribution in [3.63, 3.8) is 0 Å². The van der Waals surface area contributed by atoms with Gasteiger partial charge in [0.25, 0.3) is 0 Å². The minimum Gasteiger partial charge on any atom is -0.0991 e. The van der Waals surface area contributed by atoms with Crippen LogP contribution in [-0.4, -0.2) is 0 Å². The van der Waals surface area contributed by atoms with Crippen LogP contribution in [0.3, 0.4) is 0 Å². The third-order valence-electron chi connectivity index (χ3n) is 4.05. The molecule has 0 saturated heterocycles. The summed E-state index contributed by atoms with van der Waals surface area (Å²) in [7, 11) is 0. The molecule has 0 aromatic rings. The van der Waals surface area contributed by atoms with E-state index in [4.69, 9.17) is 0 Å². The third kappa shape index (κ3) is 2.33. The lowest BCUT2D eigenvalue weighted by molar-refractivity contribution is 0.639. The zero-order valence-corrected chi connectivity index (χ0v) is 11.5. The molecule has 1 unspecified atom stereocenters. The molecule has 0 spiro atoms. The Labute approximate surface area is 111 Å². The molecule has 0 bridgehead atoms. The molecule has 94 valence electrons. The molecule has 0 fully saturated rings. The first-order valence-electron chi connectivity index (χ1n) is 6.67. The number of fused-ring (bicyclic) bond motifs is 1. The quantitative estimate of drug-likeness (QED) is 0.586. The predicted molar refractivity (Wildman–Crippen MR) is 80.4 cm³/mol. The minimum atomic E-state index is 0.673.